The van der Waals surface area contributed by atoms with Crippen molar-refractivity contribution in [3.8, 4) is 0 Å². The van der Waals surface area contributed by atoms with Gasteiger partial charge in [-0.15, -0.1) is 0 Å². The van der Waals surface area contributed by atoms with Crippen molar-refractivity contribution in [1.29, 1.82) is 0 Å². The third kappa shape index (κ3) is 5.84. The van der Waals surface area contributed by atoms with Crippen molar-refractivity contribution in [3.05, 3.63) is 59.4 Å². The van der Waals surface area contributed by atoms with Crippen LogP contribution in [0.15, 0.2) is 47.6 Å². The molecule has 0 aliphatic rings. The Kier molecular flexibility index (Phi) is 7.93. The fourth-order valence-corrected chi connectivity index (χ4v) is 1.59. The van der Waals surface area contributed by atoms with Crippen LogP contribution in [-0.4, -0.2) is 11.2 Å². The normalized spacial score (nSPS) is 10.3. The van der Waals surface area contributed by atoms with Gasteiger partial charge in [-0.25, -0.2) is 0 Å². The molecule has 0 unspecified atom stereocenters. The number of aromatic nitrogens is 1. The van der Waals surface area contributed by atoms with Crippen LogP contribution in [0.3, 0.4) is 0 Å². The Morgan fingerprint density at radius 3 is 2.21 bits per heavy atom. The first-order valence-corrected chi connectivity index (χ1v) is 9.53. The van der Waals surface area contributed by atoms with E-state index in [9.17, 15) is 0 Å². The summed E-state index contributed by atoms with van der Waals surface area (Å²) in [4.78, 5) is 8.69. The number of rotatable bonds is 2. The molecule has 0 bridgehead atoms. The molecule has 1 aromatic heterocycles. The van der Waals surface area contributed by atoms with E-state index in [1.54, 1.807) is 12.4 Å². The molecule has 2 nitrogen and oxygen atoms in total. The summed E-state index contributed by atoms with van der Waals surface area (Å²) in [6, 6.07) is 12.0. The second-order valence-corrected chi connectivity index (χ2v) is 6.16. The maximum atomic E-state index is 4.81. The summed E-state index contributed by atoms with van der Waals surface area (Å²) in [6.07, 6.45) is 3.57. The fourth-order valence-electron chi connectivity index (χ4n) is 1.59. The topological polar surface area (TPSA) is 25.2 Å². The van der Waals surface area contributed by atoms with E-state index in [-0.39, 0.29) is 15.9 Å². The SMILES string of the molecule is Cc1cccc(C)c1N=Cc1ccccn1.[Cl][Pd][Cl]. The van der Waals surface area contributed by atoms with E-state index in [2.05, 4.69) is 36.0 Å². The average Bonchev–Trinajstić information content (AvgIpc) is 2.40. The molecule has 0 saturated heterocycles. The van der Waals surface area contributed by atoms with E-state index in [0.29, 0.717) is 0 Å². The van der Waals surface area contributed by atoms with Crippen LogP contribution in [0.1, 0.15) is 16.8 Å². The zero-order valence-corrected chi connectivity index (χ0v) is 13.7. The molecule has 0 spiro atoms. The number of aryl methyl sites for hydroxylation is 2. The number of nitrogens with zero attached hydrogens (tertiary/aromatic N) is 2. The summed E-state index contributed by atoms with van der Waals surface area (Å²) < 4.78 is 0. The molecular weight excluding hydrogens is 373 g/mol. The van der Waals surface area contributed by atoms with Crippen LogP contribution in [0.2, 0.25) is 0 Å². The first kappa shape index (κ1) is 16.3. The second kappa shape index (κ2) is 9.23. The van der Waals surface area contributed by atoms with Crippen molar-refractivity contribution in [2.24, 2.45) is 4.99 Å². The summed E-state index contributed by atoms with van der Waals surface area (Å²) >= 11 is -0.106. The monoisotopic (exact) mass is 386 g/mol. The number of hydrogen-bond donors (Lipinski definition) is 0. The van der Waals surface area contributed by atoms with Gasteiger partial charge in [0.1, 0.15) is 0 Å². The maximum absolute atomic E-state index is 4.81. The van der Waals surface area contributed by atoms with Crippen molar-refractivity contribution < 1.29 is 15.9 Å². The summed E-state index contributed by atoms with van der Waals surface area (Å²) in [7, 11) is 9.63. The number of benzene rings is 1. The van der Waals surface area contributed by atoms with E-state index < -0.39 is 0 Å². The average molecular weight is 388 g/mol. The second-order valence-electron chi connectivity index (χ2n) is 3.80. The van der Waals surface area contributed by atoms with Gasteiger partial charge < -0.3 is 0 Å². The van der Waals surface area contributed by atoms with Gasteiger partial charge in [0.15, 0.2) is 0 Å². The third-order valence-electron chi connectivity index (χ3n) is 2.45. The fraction of sp³-hybridized carbons (Fsp3) is 0.143. The van der Waals surface area contributed by atoms with Gasteiger partial charge in [0.25, 0.3) is 0 Å². The molecule has 1 heterocycles. The van der Waals surface area contributed by atoms with Crippen LogP contribution in [0.5, 0.6) is 0 Å². The summed E-state index contributed by atoms with van der Waals surface area (Å²) in [5.41, 5.74) is 4.29. The first-order chi connectivity index (χ1) is 9.19. The molecule has 2 aromatic rings. The van der Waals surface area contributed by atoms with E-state index in [4.69, 9.17) is 19.1 Å². The minimum atomic E-state index is -0.106. The van der Waals surface area contributed by atoms with Gasteiger partial charge in [-0.05, 0) is 37.1 Å². The molecule has 0 N–H and O–H groups in total. The molecule has 5 heteroatoms. The zero-order valence-electron chi connectivity index (χ0n) is 10.6. The van der Waals surface area contributed by atoms with Crippen molar-refractivity contribution in [2.75, 3.05) is 0 Å². The van der Waals surface area contributed by atoms with Crippen molar-refractivity contribution in [3.63, 3.8) is 0 Å². The van der Waals surface area contributed by atoms with Gasteiger partial charge in [-0.1, -0.05) is 24.3 Å². The van der Waals surface area contributed by atoms with Gasteiger partial charge in [0.2, 0.25) is 0 Å². The van der Waals surface area contributed by atoms with Crippen molar-refractivity contribution >= 4 is 31.0 Å². The first-order valence-electron chi connectivity index (χ1n) is 5.52. The van der Waals surface area contributed by atoms with Crippen LogP contribution in [0.4, 0.5) is 5.69 Å². The van der Waals surface area contributed by atoms with E-state index >= 15 is 0 Å². The van der Waals surface area contributed by atoms with Crippen LogP contribution in [0, 0.1) is 13.8 Å². The Morgan fingerprint density at radius 2 is 1.68 bits per heavy atom. The van der Waals surface area contributed by atoms with Gasteiger partial charge in [0.05, 0.1) is 17.6 Å². The van der Waals surface area contributed by atoms with Gasteiger partial charge in [-0.2, -0.15) is 0 Å². The molecular formula is C14H14Cl2N2Pd. The van der Waals surface area contributed by atoms with Gasteiger partial charge in [0, 0.05) is 6.20 Å². The molecule has 19 heavy (non-hydrogen) atoms. The van der Waals surface area contributed by atoms with E-state index in [1.165, 1.54) is 11.1 Å². The summed E-state index contributed by atoms with van der Waals surface area (Å²) in [6.45, 7) is 4.14. The molecule has 0 fully saturated rings. The molecule has 1 aromatic carbocycles. The van der Waals surface area contributed by atoms with Gasteiger partial charge >= 0.3 is 35.0 Å². The van der Waals surface area contributed by atoms with Crippen LogP contribution in [0.25, 0.3) is 0 Å². The van der Waals surface area contributed by atoms with Crippen molar-refractivity contribution in [1.82, 2.24) is 4.98 Å². The predicted octanol–water partition coefficient (Wildman–Crippen LogP) is 4.83. The standard InChI is InChI=1S/C14H14N2.2ClH.Pd/c1-11-6-5-7-12(2)14(11)16-10-13-8-3-4-9-15-13;;;/h3-10H,1-2H3;2*1H;/q;;;+2/p-2. The third-order valence-corrected chi connectivity index (χ3v) is 2.45. The molecule has 0 atom stereocenters. The predicted molar refractivity (Wildman–Crippen MR) is 79.1 cm³/mol. The molecule has 104 valence electrons. The Bertz CT molecular complexity index is 510. The number of aliphatic imine (C=N–C) groups is 1. The number of para-hydroxylation sites is 1. The van der Waals surface area contributed by atoms with Crippen LogP contribution < -0.4 is 0 Å². The summed E-state index contributed by atoms with van der Waals surface area (Å²) in [5.74, 6) is 0. The minimum absolute atomic E-state index is 0.106. The Labute approximate surface area is 130 Å². The molecule has 0 radical (unpaired) electrons. The zero-order chi connectivity index (χ0) is 14.1. The molecule has 0 aliphatic carbocycles. The number of hydrogen-bond acceptors (Lipinski definition) is 2. The van der Waals surface area contributed by atoms with Crippen LogP contribution in [-0.2, 0) is 15.9 Å². The molecule has 0 saturated carbocycles. The van der Waals surface area contributed by atoms with E-state index in [0.717, 1.165) is 11.4 Å². The summed E-state index contributed by atoms with van der Waals surface area (Å²) in [5, 5.41) is 0. The Morgan fingerprint density at radius 1 is 1.05 bits per heavy atom. The Balaban J connectivity index is 0.000000550. The molecule has 0 aliphatic heterocycles. The van der Waals surface area contributed by atoms with Crippen molar-refractivity contribution in [2.45, 2.75) is 13.8 Å². The van der Waals surface area contributed by atoms with Gasteiger partial charge in [-0.3, -0.25) is 9.98 Å². The van der Waals surface area contributed by atoms with Crippen LogP contribution >= 0.6 is 19.1 Å². The molecule has 2 rings (SSSR count). The number of halogens is 2. The Hall–Kier alpha value is -0.718. The quantitative estimate of drug-likeness (QED) is 0.535. The molecule has 0 amide bonds. The number of pyridine rings is 1. The van der Waals surface area contributed by atoms with E-state index in [1.807, 2.05) is 24.3 Å².